The van der Waals surface area contributed by atoms with E-state index in [2.05, 4.69) is 173 Å². The summed E-state index contributed by atoms with van der Waals surface area (Å²) in [6, 6.07) is 24.3. The molecular formula is C58H84MoN4O4-6. The fraction of sp³-hybridized carbons (Fsp3) is 0.552. The van der Waals surface area contributed by atoms with Crippen LogP contribution in [0.15, 0.2) is 60.7 Å². The third-order valence-corrected chi connectivity index (χ3v) is 9.99. The Balaban J connectivity index is 0. The molecule has 0 aliphatic heterocycles. The number of hydrogen-bond donors (Lipinski definition) is 0. The molecule has 0 spiro atoms. The Hall–Kier alpha value is -4.33. The molecule has 67 heavy (non-hydrogen) atoms. The standard InChI is InChI=1S/C48H66N2O2.2C3H7O.2C2H3N.Mo/c1-43(2,3)29-19-21-33(37(25-29)49-39-27-31(45(7,8)9)23-35(41(39)51)47(13,14)15)34-22-20-30(44(4,5)6)26-38(34)50-40-28-32(46(10,11)12)24-36(42(40)52)48(16,17)18;2*1-3(2)4;2*1-2-3;/h19-28,51-52H,1-18H3;2*3H,1-2H3;2*1H3;/q-2;2*-1;;;/p-2. The van der Waals surface area contributed by atoms with Gasteiger partial charge in [-0.2, -0.15) is 10.5 Å². The normalized spacial score (nSPS) is 11.7. The molecule has 0 radical (unpaired) electrons. The first-order chi connectivity index (χ1) is 29.7. The second-order valence-electron chi connectivity index (χ2n) is 23.5. The predicted octanol–water partition coefficient (Wildman–Crippen LogP) is 14.5. The van der Waals surface area contributed by atoms with E-state index < -0.39 is 12.2 Å². The first-order valence-electron chi connectivity index (χ1n) is 23.1. The van der Waals surface area contributed by atoms with Crippen molar-refractivity contribution in [3.05, 3.63) is 105 Å². The van der Waals surface area contributed by atoms with Crippen LogP contribution < -0.4 is 20.4 Å². The minimum atomic E-state index is -0.417. The van der Waals surface area contributed by atoms with Crippen LogP contribution in [0.2, 0.25) is 0 Å². The molecule has 0 aliphatic rings. The van der Waals surface area contributed by atoms with Gasteiger partial charge in [0.05, 0.1) is 12.1 Å². The van der Waals surface area contributed by atoms with Crippen LogP contribution in [0.1, 0.15) is 200 Å². The minimum Gasteiger partial charge on any atom is -0.873 e. The molecule has 0 unspecified atom stereocenters. The molecule has 372 valence electrons. The van der Waals surface area contributed by atoms with Crippen molar-refractivity contribution in [2.75, 3.05) is 0 Å². The van der Waals surface area contributed by atoms with Gasteiger partial charge in [0.2, 0.25) is 0 Å². The molecule has 0 aromatic heterocycles. The van der Waals surface area contributed by atoms with E-state index in [1.165, 1.54) is 13.8 Å². The van der Waals surface area contributed by atoms with Crippen LogP contribution in [0.3, 0.4) is 0 Å². The zero-order chi connectivity index (χ0) is 52.1. The van der Waals surface area contributed by atoms with Crippen molar-refractivity contribution in [3.63, 3.8) is 0 Å². The van der Waals surface area contributed by atoms with Gasteiger partial charge in [-0.25, -0.2) is 0 Å². The van der Waals surface area contributed by atoms with Crippen LogP contribution in [0, 0.1) is 22.7 Å². The van der Waals surface area contributed by atoms with Gasteiger partial charge in [-0.05, 0) is 65.9 Å². The van der Waals surface area contributed by atoms with Gasteiger partial charge in [0.25, 0.3) is 0 Å². The molecule has 0 fully saturated rings. The van der Waals surface area contributed by atoms with E-state index in [-0.39, 0.29) is 65.1 Å². The maximum atomic E-state index is 14.2. The van der Waals surface area contributed by atoms with Crippen molar-refractivity contribution in [2.45, 2.75) is 211 Å². The van der Waals surface area contributed by atoms with E-state index >= 15 is 0 Å². The summed E-state index contributed by atoms with van der Waals surface area (Å²) in [7, 11) is 0. The van der Waals surface area contributed by atoms with Crippen molar-refractivity contribution in [1.29, 1.82) is 10.5 Å². The fourth-order valence-corrected chi connectivity index (χ4v) is 6.27. The van der Waals surface area contributed by atoms with Gasteiger partial charge >= 0.3 is 0 Å². The molecule has 0 atom stereocenters. The predicted molar refractivity (Wildman–Crippen MR) is 274 cm³/mol. The molecule has 0 saturated heterocycles. The zero-order valence-corrected chi connectivity index (χ0v) is 47.8. The van der Waals surface area contributed by atoms with E-state index in [4.69, 9.17) is 21.2 Å². The second kappa shape index (κ2) is 25.9. The Morgan fingerprint density at radius 1 is 0.403 bits per heavy atom. The van der Waals surface area contributed by atoms with E-state index in [9.17, 15) is 20.4 Å². The second-order valence-corrected chi connectivity index (χ2v) is 23.5. The maximum absolute atomic E-state index is 14.2. The summed E-state index contributed by atoms with van der Waals surface area (Å²) >= 11 is 0. The van der Waals surface area contributed by atoms with Crippen LogP contribution in [0.5, 0.6) is 11.5 Å². The Labute approximate surface area is 422 Å². The molecule has 4 aromatic rings. The van der Waals surface area contributed by atoms with Crippen LogP contribution in [0.25, 0.3) is 21.8 Å². The number of nitrogens with zero attached hydrogens (tertiary/aromatic N) is 4. The summed E-state index contributed by atoms with van der Waals surface area (Å²) < 4.78 is 0. The molecule has 0 bridgehead atoms. The number of hydrogen-bond acceptors (Lipinski definition) is 6. The molecule has 4 aromatic carbocycles. The van der Waals surface area contributed by atoms with E-state index in [1.54, 1.807) is 39.8 Å². The van der Waals surface area contributed by atoms with E-state index in [1.807, 2.05) is 12.1 Å². The van der Waals surface area contributed by atoms with Gasteiger partial charge < -0.3 is 31.1 Å². The summed E-state index contributed by atoms with van der Waals surface area (Å²) in [5, 5.41) is 72.6. The van der Waals surface area contributed by atoms with Crippen molar-refractivity contribution < 1.29 is 41.5 Å². The minimum absolute atomic E-state index is 0. The molecular weight excluding hydrogens is 913 g/mol. The van der Waals surface area contributed by atoms with E-state index in [0.29, 0.717) is 22.7 Å². The SMILES string of the molecule is CC#N.CC#N.CC(C)(C)c1ccc(-c2ccc(C(C)(C)C)cc2[N-]c2cc(C(C)(C)C)cc(C(C)(C)C)c2[O-])c([N-]c2cc(C(C)(C)C)cc(C(C)(C)C)c2[O-])c1.CC(C)[O-].CC(C)[O-].[Mo]. The summed E-state index contributed by atoms with van der Waals surface area (Å²) in [5.41, 5.74) is 8.55. The monoisotopic (exact) mass is 999 g/mol. The zero-order valence-electron chi connectivity index (χ0n) is 45.8. The van der Waals surface area contributed by atoms with Crippen molar-refractivity contribution in [1.82, 2.24) is 0 Å². The third-order valence-electron chi connectivity index (χ3n) is 9.99. The molecule has 0 aliphatic carbocycles. The molecule has 8 nitrogen and oxygen atoms in total. The molecule has 0 amide bonds. The first-order valence-corrected chi connectivity index (χ1v) is 23.1. The molecule has 4 rings (SSSR count). The smallest absolute Gasteiger partial charge is 0.0587 e. The molecule has 0 heterocycles. The Morgan fingerprint density at radius 2 is 0.612 bits per heavy atom. The number of rotatable bonds is 5. The Morgan fingerprint density at radius 3 is 0.806 bits per heavy atom. The van der Waals surface area contributed by atoms with Crippen LogP contribution in [-0.4, -0.2) is 12.2 Å². The Kier molecular flexibility index (Phi) is 25.0. The quantitative estimate of drug-likeness (QED) is 0.180. The Bertz CT molecular complexity index is 2090. The number of nitriles is 2. The summed E-state index contributed by atoms with van der Waals surface area (Å²) in [4.78, 5) is 0. The van der Waals surface area contributed by atoms with Crippen LogP contribution >= 0.6 is 0 Å². The van der Waals surface area contributed by atoms with Crippen LogP contribution in [0.4, 0.5) is 22.7 Å². The molecule has 0 N–H and O–H groups in total. The van der Waals surface area contributed by atoms with Crippen LogP contribution in [-0.2, 0) is 53.6 Å². The summed E-state index contributed by atoms with van der Waals surface area (Å²) in [6.45, 7) is 47.9. The van der Waals surface area contributed by atoms with Crippen molar-refractivity contribution >= 4 is 22.7 Å². The summed E-state index contributed by atoms with van der Waals surface area (Å²) in [6.07, 6.45) is -0.833. The van der Waals surface area contributed by atoms with Gasteiger partial charge in [-0.15, -0.1) is 46.5 Å². The number of benzene rings is 4. The van der Waals surface area contributed by atoms with Crippen molar-refractivity contribution in [3.8, 4) is 34.8 Å². The average molecular weight is 997 g/mol. The van der Waals surface area contributed by atoms with Gasteiger partial charge in [0.1, 0.15) is 0 Å². The van der Waals surface area contributed by atoms with Gasteiger partial charge in [0, 0.05) is 34.9 Å². The van der Waals surface area contributed by atoms with Crippen molar-refractivity contribution in [2.24, 2.45) is 0 Å². The van der Waals surface area contributed by atoms with Gasteiger partial charge in [0.15, 0.2) is 0 Å². The third kappa shape index (κ3) is 21.2. The van der Waals surface area contributed by atoms with Gasteiger partial charge in [-0.3, -0.25) is 0 Å². The molecule has 0 saturated carbocycles. The fourth-order valence-electron chi connectivity index (χ4n) is 6.27. The maximum Gasteiger partial charge on any atom is 0.0587 e. The van der Waals surface area contributed by atoms with Gasteiger partial charge in [-0.1, -0.05) is 224 Å². The molecule has 9 heteroatoms. The average Bonchev–Trinajstić information content (AvgIpc) is 3.11. The largest absolute Gasteiger partial charge is 0.873 e. The first kappa shape index (κ1) is 64.8. The van der Waals surface area contributed by atoms with E-state index in [0.717, 1.165) is 44.5 Å². The summed E-state index contributed by atoms with van der Waals surface area (Å²) in [5.74, 6) is -0.101. The topological polar surface area (TPSA) is 168 Å².